The maximum absolute atomic E-state index is 13.1. The van der Waals surface area contributed by atoms with Gasteiger partial charge >= 0.3 is 6.18 Å². The van der Waals surface area contributed by atoms with E-state index in [1.807, 2.05) is 0 Å². The predicted molar refractivity (Wildman–Crippen MR) is 81.0 cm³/mol. The summed E-state index contributed by atoms with van der Waals surface area (Å²) in [6.07, 6.45) is -4.14. The smallest absolute Gasteiger partial charge is 0.434 e. The molecule has 0 spiro atoms. The van der Waals surface area contributed by atoms with Crippen LogP contribution < -0.4 is 19.9 Å². The number of rotatable bonds is 5. The molecule has 25 heavy (non-hydrogen) atoms. The number of nitrogens with zero attached hydrogens (tertiary/aromatic N) is 2. The lowest BCUT2D eigenvalue weighted by Crippen LogP contribution is -2.18. The Labute approximate surface area is 140 Å². The Kier molecular flexibility index (Phi) is 5.00. The van der Waals surface area contributed by atoms with E-state index < -0.39 is 29.2 Å². The third kappa shape index (κ3) is 3.57. The largest absolute Gasteiger partial charge is 0.493 e. The maximum atomic E-state index is 13.1. The number of aromatic nitrogens is 2. The van der Waals surface area contributed by atoms with Gasteiger partial charge in [0.15, 0.2) is 23.0 Å². The van der Waals surface area contributed by atoms with E-state index in [0.717, 1.165) is 6.20 Å². The molecule has 0 bridgehead atoms. The van der Waals surface area contributed by atoms with Gasteiger partial charge in [0, 0.05) is 11.8 Å². The lowest BCUT2D eigenvalue weighted by atomic mass is 10.0. The van der Waals surface area contributed by atoms with Crippen LogP contribution in [0.3, 0.4) is 0 Å². The standard InChI is InChI=1S/C15H14F3N3O4/c1-23-9-4-7(5-10(24-2)12(9)25-3)11(22)8-6-20-14(19)21-13(8)15(16,17)18/h4-6H,1-3H3,(H2,19,20,21). The fraction of sp³-hybridized carbons (Fsp3) is 0.267. The number of anilines is 1. The molecule has 0 saturated carbocycles. The summed E-state index contributed by atoms with van der Waals surface area (Å²) < 4.78 is 54.7. The van der Waals surface area contributed by atoms with E-state index in [1.54, 1.807) is 0 Å². The van der Waals surface area contributed by atoms with Gasteiger partial charge in [0.2, 0.25) is 11.7 Å². The molecule has 2 N–H and O–H groups in total. The van der Waals surface area contributed by atoms with Gasteiger partial charge in [0.05, 0.1) is 26.9 Å². The van der Waals surface area contributed by atoms with E-state index in [2.05, 4.69) is 9.97 Å². The highest BCUT2D eigenvalue weighted by Gasteiger charge is 2.38. The number of carbonyl (C=O) groups excluding carboxylic acids is 1. The summed E-state index contributed by atoms with van der Waals surface area (Å²) in [6.45, 7) is 0. The molecule has 0 atom stereocenters. The van der Waals surface area contributed by atoms with Crippen LogP contribution in [-0.2, 0) is 6.18 Å². The number of ketones is 1. The number of alkyl halides is 3. The minimum atomic E-state index is -4.87. The Morgan fingerprint density at radius 2 is 1.64 bits per heavy atom. The number of nitrogens with two attached hydrogens (primary N) is 1. The molecule has 0 saturated heterocycles. The molecule has 1 aromatic heterocycles. The lowest BCUT2D eigenvalue weighted by molar-refractivity contribution is -0.141. The predicted octanol–water partition coefficient (Wildman–Crippen LogP) is 2.33. The van der Waals surface area contributed by atoms with Crippen molar-refractivity contribution in [1.82, 2.24) is 9.97 Å². The van der Waals surface area contributed by atoms with E-state index in [-0.39, 0.29) is 22.8 Å². The van der Waals surface area contributed by atoms with Crippen LogP contribution in [0, 0.1) is 0 Å². The van der Waals surface area contributed by atoms with Gasteiger partial charge in [0.25, 0.3) is 0 Å². The van der Waals surface area contributed by atoms with Gasteiger partial charge in [0.1, 0.15) is 0 Å². The van der Waals surface area contributed by atoms with Gasteiger partial charge < -0.3 is 19.9 Å². The molecule has 0 aliphatic carbocycles. The monoisotopic (exact) mass is 357 g/mol. The molecule has 134 valence electrons. The number of hydrogen-bond donors (Lipinski definition) is 1. The fourth-order valence-electron chi connectivity index (χ4n) is 2.15. The second-order valence-electron chi connectivity index (χ2n) is 4.73. The first kappa shape index (κ1) is 18.3. The lowest BCUT2D eigenvalue weighted by Gasteiger charge is -2.15. The van der Waals surface area contributed by atoms with E-state index in [9.17, 15) is 18.0 Å². The number of halogens is 3. The Balaban J connectivity index is 2.63. The van der Waals surface area contributed by atoms with Gasteiger partial charge in [-0.15, -0.1) is 0 Å². The Hall–Kier alpha value is -3.04. The molecule has 10 heteroatoms. The molecular formula is C15H14F3N3O4. The van der Waals surface area contributed by atoms with Crippen LogP contribution >= 0.6 is 0 Å². The molecule has 0 amide bonds. The van der Waals surface area contributed by atoms with Crippen LogP contribution in [-0.4, -0.2) is 37.1 Å². The SMILES string of the molecule is COc1cc(C(=O)c2cnc(N)nc2C(F)(F)F)cc(OC)c1OC. The van der Waals surface area contributed by atoms with Crippen molar-refractivity contribution in [3.63, 3.8) is 0 Å². The molecule has 0 unspecified atom stereocenters. The van der Waals surface area contributed by atoms with Crippen LogP contribution in [0.5, 0.6) is 17.2 Å². The van der Waals surface area contributed by atoms with Crippen molar-refractivity contribution in [2.75, 3.05) is 27.1 Å². The number of carbonyl (C=O) groups is 1. The van der Waals surface area contributed by atoms with Crippen LogP contribution in [0.4, 0.5) is 19.1 Å². The third-order valence-corrected chi connectivity index (χ3v) is 3.25. The van der Waals surface area contributed by atoms with Gasteiger partial charge in [-0.3, -0.25) is 4.79 Å². The quantitative estimate of drug-likeness (QED) is 0.820. The molecule has 0 aliphatic rings. The summed E-state index contributed by atoms with van der Waals surface area (Å²) in [5, 5.41) is 0. The fourth-order valence-corrected chi connectivity index (χ4v) is 2.15. The zero-order valence-corrected chi connectivity index (χ0v) is 13.5. The summed E-state index contributed by atoms with van der Waals surface area (Å²) in [4.78, 5) is 19.2. The first-order valence-corrected chi connectivity index (χ1v) is 6.77. The van der Waals surface area contributed by atoms with Crippen LogP contribution in [0.2, 0.25) is 0 Å². The van der Waals surface area contributed by atoms with Crippen LogP contribution in [0.25, 0.3) is 0 Å². The zero-order chi connectivity index (χ0) is 18.8. The second kappa shape index (κ2) is 6.83. The van der Waals surface area contributed by atoms with Crippen molar-refractivity contribution >= 4 is 11.7 Å². The van der Waals surface area contributed by atoms with Crippen molar-refractivity contribution in [2.24, 2.45) is 0 Å². The highest BCUT2D eigenvalue weighted by atomic mass is 19.4. The van der Waals surface area contributed by atoms with Crippen molar-refractivity contribution in [1.29, 1.82) is 0 Å². The summed E-state index contributed by atoms with van der Waals surface area (Å²) >= 11 is 0. The number of methoxy groups -OCH3 is 3. The van der Waals surface area contributed by atoms with Gasteiger partial charge in [-0.1, -0.05) is 0 Å². The van der Waals surface area contributed by atoms with Crippen molar-refractivity contribution in [3.8, 4) is 17.2 Å². The van der Waals surface area contributed by atoms with Crippen LogP contribution in [0.1, 0.15) is 21.6 Å². The normalized spacial score (nSPS) is 11.1. The summed E-state index contributed by atoms with van der Waals surface area (Å²) in [5.74, 6) is -1.11. The molecule has 0 radical (unpaired) electrons. The Morgan fingerprint density at radius 1 is 1.08 bits per heavy atom. The van der Waals surface area contributed by atoms with E-state index in [0.29, 0.717) is 0 Å². The number of ether oxygens (including phenoxy) is 3. The molecule has 1 aromatic carbocycles. The number of benzene rings is 1. The Bertz CT molecular complexity index is 784. The number of hydrogen-bond acceptors (Lipinski definition) is 7. The highest BCUT2D eigenvalue weighted by Crippen LogP contribution is 2.39. The average Bonchev–Trinajstić information content (AvgIpc) is 2.58. The zero-order valence-electron chi connectivity index (χ0n) is 13.5. The second-order valence-corrected chi connectivity index (χ2v) is 4.73. The minimum absolute atomic E-state index is 0.117. The van der Waals surface area contributed by atoms with E-state index in [1.165, 1.54) is 33.5 Å². The third-order valence-electron chi connectivity index (χ3n) is 3.25. The van der Waals surface area contributed by atoms with E-state index >= 15 is 0 Å². The minimum Gasteiger partial charge on any atom is -0.493 e. The van der Waals surface area contributed by atoms with Gasteiger partial charge in [-0.05, 0) is 12.1 Å². The molecule has 1 heterocycles. The van der Waals surface area contributed by atoms with E-state index in [4.69, 9.17) is 19.9 Å². The molecular weight excluding hydrogens is 343 g/mol. The molecule has 2 rings (SSSR count). The molecule has 2 aromatic rings. The molecule has 0 aliphatic heterocycles. The average molecular weight is 357 g/mol. The molecule has 7 nitrogen and oxygen atoms in total. The summed E-state index contributed by atoms with van der Waals surface area (Å²) in [6, 6.07) is 2.47. The first-order chi connectivity index (χ1) is 11.7. The maximum Gasteiger partial charge on any atom is 0.434 e. The summed E-state index contributed by atoms with van der Waals surface area (Å²) in [5.41, 5.74) is 2.93. The van der Waals surface area contributed by atoms with Crippen molar-refractivity contribution < 1.29 is 32.2 Å². The number of nitrogen functional groups attached to an aromatic ring is 1. The van der Waals surface area contributed by atoms with Crippen molar-refractivity contribution in [2.45, 2.75) is 6.18 Å². The topological polar surface area (TPSA) is 96.6 Å². The van der Waals surface area contributed by atoms with Gasteiger partial charge in [-0.25, -0.2) is 9.97 Å². The van der Waals surface area contributed by atoms with Crippen LogP contribution in [0.15, 0.2) is 18.3 Å². The Morgan fingerprint density at radius 3 is 2.08 bits per heavy atom. The van der Waals surface area contributed by atoms with Gasteiger partial charge in [-0.2, -0.15) is 13.2 Å². The highest BCUT2D eigenvalue weighted by molar-refractivity contribution is 6.10. The molecule has 0 fully saturated rings. The van der Waals surface area contributed by atoms with Crippen molar-refractivity contribution in [3.05, 3.63) is 35.2 Å². The first-order valence-electron chi connectivity index (χ1n) is 6.77. The summed E-state index contributed by atoms with van der Waals surface area (Å²) in [7, 11) is 4.00.